The van der Waals surface area contributed by atoms with Gasteiger partial charge in [-0.3, -0.25) is 4.79 Å². The number of carbonyl (C=O) groups excluding carboxylic acids is 2. The summed E-state index contributed by atoms with van der Waals surface area (Å²) in [4.78, 5) is 21.8. The second-order valence-electron chi connectivity index (χ2n) is 3.18. The van der Waals surface area contributed by atoms with Crippen LogP contribution in [0, 0.1) is 0 Å². The molecular weight excluding hydrogens is 198 g/mol. The van der Waals surface area contributed by atoms with Crippen LogP contribution in [-0.4, -0.2) is 32.2 Å². The molecule has 0 aliphatic carbocycles. The Labute approximate surface area is 89.4 Å². The molecule has 1 unspecified atom stereocenters. The van der Waals surface area contributed by atoms with Gasteiger partial charge in [-0.2, -0.15) is 0 Å². The van der Waals surface area contributed by atoms with Crippen LogP contribution in [0.2, 0.25) is 0 Å². The molecule has 0 bridgehead atoms. The highest BCUT2D eigenvalue weighted by Gasteiger charge is 2.08. The van der Waals surface area contributed by atoms with Gasteiger partial charge in [0.25, 0.3) is 0 Å². The summed E-state index contributed by atoms with van der Waals surface area (Å²) in [5.74, 6) is -0.717. The zero-order valence-corrected chi connectivity index (χ0v) is 9.49. The van der Waals surface area contributed by atoms with Crippen molar-refractivity contribution in [1.29, 1.82) is 0 Å². The lowest BCUT2D eigenvalue weighted by Crippen LogP contribution is -2.27. The SMILES string of the molecule is COC(=O)/C=C(/C)NC(C)CC(=O)OC. The Hall–Kier alpha value is -1.52. The zero-order valence-electron chi connectivity index (χ0n) is 9.49. The van der Waals surface area contributed by atoms with E-state index in [1.807, 2.05) is 6.92 Å². The van der Waals surface area contributed by atoms with Crippen molar-refractivity contribution in [3.8, 4) is 0 Å². The predicted octanol–water partition coefficient (Wildman–Crippen LogP) is 0.604. The summed E-state index contributed by atoms with van der Waals surface area (Å²) in [7, 11) is 2.65. The molecule has 0 aromatic rings. The van der Waals surface area contributed by atoms with Crippen LogP contribution in [0.4, 0.5) is 0 Å². The average molecular weight is 215 g/mol. The van der Waals surface area contributed by atoms with Crippen molar-refractivity contribution in [2.24, 2.45) is 0 Å². The van der Waals surface area contributed by atoms with Crippen LogP contribution in [0.15, 0.2) is 11.8 Å². The number of rotatable bonds is 5. The number of hydrogen-bond donors (Lipinski definition) is 1. The summed E-state index contributed by atoms with van der Waals surface area (Å²) >= 11 is 0. The molecule has 5 heteroatoms. The van der Waals surface area contributed by atoms with Crippen LogP contribution in [0.1, 0.15) is 20.3 Å². The number of carbonyl (C=O) groups is 2. The first-order valence-corrected chi connectivity index (χ1v) is 4.59. The van der Waals surface area contributed by atoms with E-state index in [1.54, 1.807) is 6.92 Å². The van der Waals surface area contributed by atoms with E-state index in [4.69, 9.17) is 0 Å². The van der Waals surface area contributed by atoms with E-state index in [0.717, 1.165) is 0 Å². The molecule has 0 saturated carbocycles. The van der Waals surface area contributed by atoms with Gasteiger partial charge >= 0.3 is 11.9 Å². The monoisotopic (exact) mass is 215 g/mol. The molecule has 0 saturated heterocycles. The van der Waals surface area contributed by atoms with Crippen molar-refractivity contribution in [2.45, 2.75) is 26.3 Å². The van der Waals surface area contributed by atoms with E-state index >= 15 is 0 Å². The minimum Gasteiger partial charge on any atom is -0.469 e. The van der Waals surface area contributed by atoms with Gasteiger partial charge in [0.1, 0.15) is 0 Å². The molecule has 5 nitrogen and oxygen atoms in total. The van der Waals surface area contributed by atoms with Crippen molar-refractivity contribution >= 4 is 11.9 Å². The summed E-state index contributed by atoms with van der Waals surface area (Å²) in [5.41, 5.74) is 0.651. The number of esters is 2. The number of ether oxygens (including phenoxy) is 2. The van der Waals surface area contributed by atoms with E-state index in [-0.39, 0.29) is 18.4 Å². The Balaban J connectivity index is 4.06. The summed E-state index contributed by atoms with van der Waals surface area (Å²) in [6, 6.07) is -0.0849. The molecule has 0 rings (SSSR count). The minimum absolute atomic E-state index is 0.0849. The van der Waals surface area contributed by atoms with Gasteiger partial charge < -0.3 is 14.8 Å². The molecule has 0 fully saturated rings. The quantitative estimate of drug-likeness (QED) is 0.537. The minimum atomic E-state index is -0.426. The summed E-state index contributed by atoms with van der Waals surface area (Å²) in [5, 5.41) is 2.97. The fraction of sp³-hybridized carbons (Fsp3) is 0.600. The van der Waals surface area contributed by atoms with Gasteiger partial charge in [0.05, 0.1) is 20.6 Å². The molecule has 1 N–H and O–H groups in total. The molecule has 0 spiro atoms. The summed E-state index contributed by atoms with van der Waals surface area (Å²) in [6.07, 6.45) is 1.58. The lowest BCUT2D eigenvalue weighted by atomic mass is 10.2. The maximum Gasteiger partial charge on any atom is 0.332 e. The molecule has 0 heterocycles. The number of methoxy groups -OCH3 is 2. The Bertz CT molecular complexity index is 260. The molecule has 0 aliphatic rings. The van der Waals surface area contributed by atoms with E-state index < -0.39 is 5.97 Å². The van der Waals surface area contributed by atoms with E-state index in [0.29, 0.717) is 5.70 Å². The lowest BCUT2D eigenvalue weighted by molar-refractivity contribution is -0.141. The number of nitrogens with one attached hydrogen (secondary N) is 1. The van der Waals surface area contributed by atoms with Crippen LogP contribution in [0.25, 0.3) is 0 Å². The Morgan fingerprint density at radius 2 is 1.93 bits per heavy atom. The largest absolute Gasteiger partial charge is 0.469 e. The van der Waals surface area contributed by atoms with Gasteiger partial charge in [0, 0.05) is 17.8 Å². The smallest absolute Gasteiger partial charge is 0.332 e. The molecular formula is C10H17NO4. The van der Waals surface area contributed by atoms with E-state index in [2.05, 4.69) is 14.8 Å². The van der Waals surface area contributed by atoms with Crippen LogP contribution in [0.5, 0.6) is 0 Å². The number of hydrogen-bond acceptors (Lipinski definition) is 5. The van der Waals surface area contributed by atoms with Gasteiger partial charge in [-0.15, -0.1) is 0 Å². The molecule has 0 aromatic heterocycles. The third kappa shape index (κ3) is 6.54. The summed E-state index contributed by atoms with van der Waals surface area (Å²) in [6.45, 7) is 3.55. The molecule has 15 heavy (non-hydrogen) atoms. The van der Waals surface area contributed by atoms with Gasteiger partial charge in [-0.1, -0.05) is 0 Å². The van der Waals surface area contributed by atoms with Gasteiger partial charge in [-0.25, -0.2) is 4.79 Å². The van der Waals surface area contributed by atoms with Crippen molar-refractivity contribution in [1.82, 2.24) is 5.32 Å². The van der Waals surface area contributed by atoms with Crippen molar-refractivity contribution in [2.75, 3.05) is 14.2 Å². The molecule has 0 aromatic carbocycles. The Kier molecular flexibility index (Phi) is 6.17. The fourth-order valence-corrected chi connectivity index (χ4v) is 1.05. The van der Waals surface area contributed by atoms with Crippen molar-refractivity contribution in [3.05, 3.63) is 11.8 Å². The highest BCUT2D eigenvalue weighted by Crippen LogP contribution is 1.97. The van der Waals surface area contributed by atoms with Gasteiger partial charge in [0.2, 0.25) is 0 Å². The summed E-state index contributed by atoms with van der Waals surface area (Å²) < 4.78 is 8.97. The maximum atomic E-state index is 10.9. The zero-order chi connectivity index (χ0) is 11.8. The van der Waals surface area contributed by atoms with Gasteiger partial charge in [0.15, 0.2) is 0 Å². The average Bonchev–Trinajstić information content (AvgIpc) is 2.16. The van der Waals surface area contributed by atoms with Crippen molar-refractivity contribution < 1.29 is 19.1 Å². The van der Waals surface area contributed by atoms with E-state index in [1.165, 1.54) is 20.3 Å². The van der Waals surface area contributed by atoms with Crippen LogP contribution in [0.3, 0.4) is 0 Å². The molecule has 86 valence electrons. The molecule has 0 aliphatic heterocycles. The van der Waals surface area contributed by atoms with Crippen LogP contribution >= 0.6 is 0 Å². The van der Waals surface area contributed by atoms with Crippen molar-refractivity contribution in [3.63, 3.8) is 0 Å². The maximum absolute atomic E-state index is 10.9. The first kappa shape index (κ1) is 13.5. The first-order chi connectivity index (χ1) is 6.99. The second kappa shape index (κ2) is 6.86. The van der Waals surface area contributed by atoms with Gasteiger partial charge in [-0.05, 0) is 13.8 Å². The second-order valence-corrected chi connectivity index (χ2v) is 3.18. The Morgan fingerprint density at radius 3 is 2.40 bits per heavy atom. The van der Waals surface area contributed by atoms with Crippen LogP contribution in [-0.2, 0) is 19.1 Å². The highest BCUT2D eigenvalue weighted by atomic mass is 16.5. The highest BCUT2D eigenvalue weighted by molar-refractivity contribution is 5.82. The fourth-order valence-electron chi connectivity index (χ4n) is 1.05. The molecule has 1 atom stereocenters. The third-order valence-corrected chi connectivity index (χ3v) is 1.71. The predicted molar refractivity (Wildman–Crippen MR) is 55.0 cm³/mol. The van der Waals surface area contributed by atoms with Crippen LogP contribution < -0.4 is 5.32 Å². The molecule has 0 amide bonds. The Morgan fingerprint density at radius 1 is 1.33 bits per heavy atom. The van der Waals surface area contributed by atoms with E-state index in [9.17, 15) is 9.59 Å². The third-order valence-electron chi connectivity index (χ3n) is 1.71. The standard InChI is InChI=1S/C10H17NO4/c1-7(5-9(12)14-3)11-8(2)6-10(13)15-4/h5,8,11H,6H2,1-4H3/b7-5-. The topological polar surface area (TPSA) is 64.6 Å². The lowest BCUT2D eigenvalue weighted by Gasteiger charge is -2.13. The molecule has 0 radical (unpaired) electrons. The number of allylic oxidation sites excluding steroid dienone is 1. The first-order valence-electron chi connectivity index (χ1n) is 4.59. The normalized spacial score (nSPS) is 12.9.